The Morgan fingerprint density at radius 3 is 2.83 bits per heavy atom. The number of benzene rings is 2. The first-order valence-corrected chi connectivity index (χ1v) is 8.01. The van der Waals surface area contributed by atoms with Crippen molar-refractivity contribution in [3.05, 3.63) is 76.9 Å². The summed E-state index contributed by atoms with van der Waals surface area (Å²) >= 11 is 0. The van der Waals surface area contributed by atoms with E-state index >= 15 is 0 Å². The fourth-order valence-electron chi connectivity index (χ4n) is 3.98. The average Bonchev–Trinajstić information content (AvgIpc) is 3.04. The Kier molecular flexibility index (Phi) is 3.22. The van der Waals surface area contributed by atoms with Crippen LogP contribution in [-0.4, -0.2) is 11.1 Å². The van der Waals surface area contributed by atoms with Crippen molar-refractivity contribution in [3.63, 3.8) is 0 Å². The number of fused-ring (bicyclic) bond motifs is 3. The summed E-state index contributed by atoms with van der Waals surface area (Å²) in [6, 6.07) is 13.8. The minimum Gasteiger partial charge on any atom is -0.478 e. The van der Waals surface area contributed by atoms with Crippen LogP contribution in [0.2, 0.25) is 0 Å². The van der Waals surface area contributed by atoms with Gasteiger partial charge in [0.1, 0.15) is 0 Å². The van der Waals surface area contributed by atoms with Gasteiger partial charge in [-0.3, -0.25) is 0 Å². The molecule has 1 heterocycles. The first-order chi connectivity index (χ1) is 11.1. The Morgan fingerprint density at radius 1 is 1.17 bits per heavy atom. The van der Waals surface area contributed by atoms with Crippen LogP contribution in [-0.2, 0) is 0 Å². The minimum absolute atomic E-state index is 0.0255. The summed E-state index contributed by atoms with van der Waals surface area (Å²) in [6.45, 7) is 2.11. The molecule has 2 aromatic rings. The first-order valence-electron chi connectivity index (χ1n) is 8.01. The maximum atomic E-state index is 11.6. The van der Waals surface area contributed by atoms with Crippen molar-refractivity contribution in [2.75, 3.05) is 5.32 Å². The van der Waals surface area contributed by atoms with Crippen LogP contribution in [0.25, 0.3) is 0 Å². The number of carbonyl (C=O) groups is 1. The molecule has 3 atom stereocenters. The number of hydrogen-bond acceptors (Lipinski definition) is 2. The van der Waals surface area contributed by atoms with Gasteiger partial charge in [-0.15, -0.1) is 0 Å². The zero-order chi connectivity index (χ0) is 16.0. The van der Waals surface area contributed by atoms with Crippen molar-refractivity contribution in [1.82, 2.24) is 0 Å². The van der Waals surface area contributed by atoms with E-state index in [0.717, 1.165) is 17.7 Å². The second-order valence-electron chi connectivity index (χ2n) is 6.46. The third-order valence-corrected chi connectivity index (χ3v) is 5.04. The molecule has 0 saturated heterocycles. The largest absolute Gasteiger partial charge is 0.478 e. The van der Waals surface area contributed by atoms with Gasteiger partial charge in [0.2, 0.25) is 0 Å². The van der Waals surface area contributed by atoms with Crippen LogP contribution in [0.1, 0.15) is 45.4 Å². The number of aromatic carboxylic acids is 1. The fourth-order valence-corrected chi connectivity index (χ4v) is 3.98. The van der Waals surface area contributed by atoms with E-state index in [4.69, 9.17) is 0 Å². The molecule has 23 heavy (non-hydrogen) atoms. The Balaban J connectivity index is 1.83. The SMILES string of the molecule is Cc1ccc2c(c1)[C@@H]1C=CC[C@@H]1[C@@H](c1ccccc1C(=O)O)N2. The molecule has 2 aliphatic rings. The van der Waals surface area contributed by atoms with Crippen molar-refractivity contribution < 1.29 is 9.90 Å². The van der Waals surface area contributed by atoms with Crippen molar-refractivity contribution in [1.29, 1.82) is 0 Å². The normalized spacial score (nSPS) is 24.7. The third kappa shape index (κ3) is 2.24. The van der Waals surface area contributed by atoms with Crippen molar-refractivity contribution in [3.8, 4) is 0 Å². The molecule has 0 bridgehead atoms. The standard InChI is InChI=1S/C20H19NO2/c1-12-9-10-18-17(11-12)13-7-4-8-14(13)19(21-18)15-5-2-3-6-16(15)20(22)23/h2-7,9-11,13-14,19,21H,8H2,1H3,(H,22,23)/t13-,14+,19+/m1/s1. The highest BCUT2D eigenvalue weighted by Gasteiger charge is 2.39. The maximum absolute atomic E-state index is 11.6. The monoisotopic (exact) mass is 305 g/mol. The van der Waals surface area contributed by atoms with Gasteiger partial charge in [0, 0.05) is 11.6 Å². The number of allylic oxidation sites excluding steroid dienone is 2. The molecule has 116 valence electrons. The second kappa shape index (κ2) is 5.27. The van der Waals surface area contributed by atoms with Gasteiger partial charge in [0.25, 0.3) is 0 Å². The molecule has 0 spiro atoms. The number of hydrogen-bond donors (Lipinski definition) is 2. The summed E-state index contributed by atoms with van der Waals surface area (Å²) in [7, 11) is 0. The van der Waals surface area contributed by atoms with E-state index in [9.17, 15) is 9.90 Å². The lowest BCUT2D eigenvalue weighted by Crippen LogP contribution is -2.30. The summed E-state index contributed by atoms with van der Waals surface area (Å²) in [5, 5.41) is 13.1. The van der Waals surface area contributed by atoms with E-state index in [1.54, 1.807) is 12.1 Å². The predicted molar refractivity (Wildman–Crippen MR) is 90.9 cm³/mol. The Labute approximate surface area is 135 Å². The van der Waals surface area contributed by atoms with Crippen LogP contribution in [0.15, 0.2) is 54.6 Å². The van der Waals surface area contributed by atoms with Gasteiger partial charge < -0.3 is 10.4 Å². The molecule has 0 saturated carbocycles. The van der Waals surface area contributed by atoms with Gasteiger partial charge in [-0.2, -0.15) is 0 Å². The van der Waals surface area contributed by atoms with Gasteiger partial charge >= 0.3 is 5.97 Å². The number of anilines is 1. The number of nitrogens with one attached hydrogen (secondary N) is 1. The highest BCUT2D eigenvalue weighted by atomic mass is 16.4. The van der Waals surface area contributed by atoms with Gasteiger partial charge in [-0.25, -0.2) is 4.79 Å². The summed E-state index contributed by atoms with van der Waals surface area (Å²) in [5.74, 6) is -0.137. The molecule has 0 unspecified atom stereocenters. The van der Waals surface area contributed by atoms with Gasteiger partial charge in [-0.1, -0.05) is 48.0 Å². The highest BCUT2D eigenvalue weighted by Crippen LogP contribution is 2.50. The zero-order valence-electron chi connectivity index (χ0n) is 13.0. The Bertz CT molecular complexity index is 809. The molecule has 0 aromatic heterocycles. The molecule has 4 rings (SSSR count). The van der Waals surface area contributed by atoms with E-state index in [-0.39, 0.29) is 6.04 Å². The zero-order valence-corrected chi connectivity index (χ0v) is 13.0. The highest BCUT2D eigenvalue weighted by molar-refractivity contribution is 5.89. The quantitative estimate of drug-likeness (QED) is 0.802. The Morgan fingerprint density at radius 2 is 2.00 bits per heavy atom. The van der Waals surface area contributed by atoms with Crippen molar-refractivity contribution in [2.45, 2.75) is 25.3 Å². The first kappa shape index (κ1) is 14.1. The van der Waals surface area contributed by atoms with Crippen LogP contribution >= 0.6 is 0 Å². The molecule has 2 aromatic carbocycles. The van der Waals surface area contributed by atoms with Crippen LogP contribution < -0.4 is 5.32 Å². The number of rotatable bonds is 2. The van der Waals surface area contributed by atoms with Crippen LogP contribution in [0, 0.1) is 12.8 Å². The molecule has 1 aliphatic heterocycles. The molecular weight excluding hydrogens is 286 g/mol. The third-order valence-electron chi connectivity index (χ3n) is 5.04. The van der Waals surface area contributed by atoms with E-state index in [0.29, 0.717) is 17.4 Å². The summed E-state index contributed by atoms with van der Waals surface area (Å²) in [4.78, 5) is 11.6. The molecule has 0 amide bonds. The lowest BCUT2D eigenvalue weighted by atomic mass is 9.76. The van der Waals surface area contributed by atoms with Gasteiger partial charge in [-0.05, 0) is 42.5 Å². The van der Waals surface area contributed by atoms with Gasteiger partial charge in [0.05, 0.1) is 11.6 Å². The molecule has 1 aliphatic carbocycles. The average molecular weight is 305 g/mol. The lowest BCUT2D eigenvalue weighted by molar-refractivity contribution is 0.0694. The van der Waals surface area contributed by atoms with E-state index in [1.165, 1.54) is 11.1 Å². The Hall–Kier alpha value is -2.55. The molecule has 0 radical (unpaired) electrons. The number of carboxylic acids is 1. The van der Waals surface area contributed by atoms with Crippen molar-refractivity contribution >= 4 is 11.7 Å². The van der Waals surface area contributed by atoms with Gasteiger partial charge in [0.15, 0.2) is 0 Å². The summed E-state index contributed by atoms with van der Waals surface area (Å²) in [6.07, 6.45) is 5.48. The predicted octanol–water partition coefficient (Wildman–Crippen LogP) is 4.52. The van der Waals surface area contributed by atoms with Crippen molar-refractivity contribution in [2.24, 2.45) is 5.92 Å². The fraction of sp³-hybridized carbons (Fsp3) is 0.250. The molecule has 2 N–H and O–H groups in total. The second-order valence-corrected chi connectivity index (χ2v) is 6.46. The summed E-state index contributed by atoms with van der Waals surface area (Å²) in [5.41, 5.74) is 4.98. The van der Waals surface area contributed by atoms with Crippen LogP contribution in [0.5, 0.6) is 0 Å². The molecular formula is C20H19NO2. The number of aryl methyl sites for hydroxylation is 1. The van der Waals surface area contributed by atoms with E-state index in [1.807, 2.05) is 12.1 Å². The smallest absolute Gasteiger partial charge is 0.336 e. The van der Waals surface area contributed by atoms with E-state index < -0.39 is 5.97 Å². The topological polar surface area (TPSA) is 49.3 Å². The molecule has 0 fully saturated rings. The maximum Gasteiger partial charge on any atom is 0.336 e. The lowest BCUT2D eigenvalue weighted by Gasteiger charge is -2.38. The van der Waals surface area contributed by atoms with Crippen LogP contribution in [0.3, 0.4) is 0 Å². The molecule has 3 nitrogen and oxygen atoms in total. The minimum atomic E-state index is -0.861. The number of carboxylic acid groups (broad SMARTS) is 1. The van der Waals surface area contributed by atoms with Crippen LogP contribution in [0.4, 0.5) is 5.69 Å². The van der Waals surface area contributed by atoms with E-state index in [2.05, 4.69) is 42.6 Å². The summed E-state index contributed by atoms with van der Waals surface area (Å²) < 4.78 is 0. The molecule has 3 heteroatoms.